The number of nitrogens with zero attached hydrogens (tertiary/aromatic N) is 2. The average molecular weight is 496 g/mol. The molecule has 0 bridgehead atoms. The summed E-state index contributed by atoms with van der Waals surface area (Å²) in [6.07, 6.45) is 1.78. The molecule has 0 atom stereocenters. The first-order valence-electron chi connectivity index (χ1n) is 11.6. The van der Waals surface area contributed by atoms with E-state index in [0.717, 1.165) is 44.4 Å². The van der Waals surface area contributed by atoms with Crippen molar-refractivity contribution in [2.45, 2.75) is 20.4 Å². The molecule has 1 aliphatic heterocycles. The summed E-state index contributed by atoms with van der Waals surface area (Å²) >= 11 is 0.867. The van der Waals surface area contributed by atoms with Crippen molar-refractivity contribution in [1.82, 2.24) is 9.47 Å². The van der Waals surface area contributed by atoms with Gasteiger partial charge in [-0.05, 0) is 55.4 Å². The van der Waals surface area contributed by atoms with E-state index in [1.54, 1.807) is 18.2 Å². The molecular weight excluding hydrogens is 470 g/mol. The van der Waals surface area contributed by atoms with Crippen molar-refractivity contribution in [1.29, 1.82) is 0 Å². The third-order valence-corrected chi connectivity index (χ3v) is 7.16. The Morgan fingerprint density at radius 1 is 0.917 bits per heavy atom. The second kappa shape index (κ2) is 9.87. The number of hydrogen-bond acceptors (Lipinski definition) is 4. The van der Waals surface area contributed by atoms with Crippen molar-refractivity contribution in [3.05, 3.63) is 106 Å². The summed E-state index contributed by atoms with van der Waals surface area (Å²) in [5.41, 5.74) is 5.83. The molecule has 0 radical (unpaired) electrons. The molecule has 0 unspecified atom stereocenters. The van der Waals surface area contributed by atoms with Gasteiger partial charge in [-0.2, -0.15) is 0 Å². The molecule has 0 aliphatic carbocycles. The normalized spacial score (nSPS) is 14.7. The predicted octanol–water partition coefficient (Wildman–Crippen LogP) is 5.98. The quantitative estimate of drug-likeness (QED) is 0.334. The molecule has 5 rings (SSSR count). The van der Waals surface area contributed by atoms with Gasteiger partial charge in [-0.3, -0.25) is 19.3 Å². The van der Waals surface area contributed by atoms with Gasteiger partial charge in [-0.15, -0.1) is 0 Å². The van der Waals surface area contributed by atoms with E-state index in [1.807, 2.05) is 62.4 Å². The van der Waals surface area contributed by atoms with Crippen LogP contribution in [-0.4, -0.2) is 33.1 Å². The molecule has 2 heterocycles. The summed E-state index contributed by atoms with van der Waals surface area (Å²) in [5, 5.41) is 3.31. The van der Waals surface area contributed by atoms with Crippen LogP contribution in [0.3, 0.4) is 0 Å². The molecule has 7 heteroatoms. The minimum Gasteiger partial charge on any atom is -0.340 e. The standard InChI is InChI=1S/C29H25N3O3S/c1-19-12-14-22(15-13-19)30-27(33)18-32-28(34)26(36-29(32)35)16-24-20(2)31(17-21-8-4-3-5-9-21)25-11-7-6-10-23(24)25/h3-16H,17-18H2,1-2H3,(H,30,33)/b26-16-. The summed E-state index contributed by atoms with van der Waals surface area (Å²) in [6.45, 7) is 4.35. The number of para-hydroxylation sites is 1. The number of aryl methyl sites for hydroxylation is 1. The Hall–Kier alpha value is -4.10. The first-order chi connectivity index (χ1) is 17.4. The van der Waals surface area contributed by atoms with E-state index >= 15 is 0 Å². The van der Waals surface area contributed by atoms with Gasteiger partial charge in [0.2, 0.25) is 5.91 Å². The topological polar surface area (TPSA) is 71.4 Å². The Labute approximate surface area is 213 Å². The van der Waals surface area contributed by atoms with Crippen LogP contribution in [0, 0.1) is 13.8 Å². The molecule has 0 saturated carbocycles. The van der Waals surface area contributed by atoms with Gasteiger partial charge in [0.1, 0.15) is 6.54 Å². The van der Waals surface area contributed by atoms with Crippen LogP contribution in [0.4, 0.5) is 10.5 Å². The highest BCUT2D eigenvalue weighted by Gasteiger charge is 2.36. The molecule has 3 aromatic carbocycles. The third kappa shape index (κ3) is 4.70. The number of benzene rings is 3. The van der Waals surface area contributed by atoms with E-state index in [-0.39, 0.29) is 6.54 Å². The highest BCUT2D eigenvalue weighted by molar-refractivity contribution is 8.18. The van der Waals surface area contributed by atoms with Gasteiger partial charge in [0.25, 0.3) is 11.1 Å². The zero-order chi connectivity index (χ0) is 25.2. The van der Waals surface area contributed by atoms with Crippen LogP contribution in [0.1, 0.15) is 22.4 Å². The Balaban J connectivity index is 1.40. The first-order valence-corrected chi connectivity index (χ1v) is 12.5. The van der Waals surface area contributed by atoms with Crippen molar-refractivity contribution in [3.63, 3.8) is 0 Å². The van der Waals surface area contributed by atoms with E-state index in [4.69, 9.17) is 0 Å². The number of anilines is 1. The molecule has 0 spiro atoms. The van der Waals surface area contributed by atoms with E-state index in [2.05, 4.69) is 28.1 Å². The lowest BCUT2D eigenvalue weighted by Crippen LogP contribution is -2.36. The van der Waals surface area contributed by atoms with Crippen molar-refractivity contribution in [2.75, 3.05) is 11.9 Å². The maximum absolute atomic E-state index is 13.1. The highest BCUT2D eigenvalue weighted by Crippen LogP contribution is 2.35. The first kappa shape index (κ1) is 23.6. The number of rotatable bonds is 6. The highest BCUT2D eigenvalue weighted by atomic mass is 32.2. The molecule has 6 nitrogen and oxygen atoms in total. The van der Waals surface area contributed by atoms with Crippen LogP contribution in [0.25, 0.3) is 17.0 Å². The Kier molecular flexibility index (Phi) is 6.48. The fraction of sp³-hybridized carbons (Fsp3) is 0.138. The largest absolute Gasteiger partial charge is 0.340 e. The maximum Gasteiger partial charge on any atom is 0.294 e. The van der Waals surface area contributed by atoms with Gasteiger partial charge in [0, 0.05) is 34.4 Å². The summed E-state index contributed by atoms with van der Waals surface area (Å²) in [7, 11) is 0. The van der Waals surface area contributed by atoms with E-state index < -0.39 is 17.1 Å². The summed E-state index contributed by atoms with van der Waals surface area (Å²) in [6, 6.07) is 25.6. The fourth-order valence-electron chi connectivity index (χ4n) is 4.36. The number of hydrogen-bond donors (Lipinski definition) is 1. The Bertz CT molecular complexity index is 1500. The number of fused-ring (bicyclic) bond motifs is 1. The molecule has 4 aromatic rings. The van der Waals surface area contributed by atoms with E-state index in [0.29, 0.717) is 17.1 Å². The summed E-state index contributed by atoms with van der Waals surface area (Å²) in [5.74, 6) is -0.874. The molecule has 180 valence electrons. The van der Waals surface area contributed by atoms with E-state index in [1.165, 1.54) is 5.56 Å². The smallest absolute Gasteiger partial charge is 0.294 e. The van der Waals surface area contributed by atoms with Gasteiger partial charge in [-0.25, -0.2) is 0 Å². The molecule has 1 aliphatic rings. The maximum atomic E-state index is 13.1. The molecule has 1 aromatic heterocycles. The number of thioether (sulfide) groups is 1. The second-order valence-electron chi connectivity index (χ2n) is 8.77. The zero-order valence-corrected chi connectivity index (χ0v) is 20.8. The van der Waals surface area contributed by atoms with Crippen molar-refractivity contribution < 1.29 is 14.4 Å². The number of carbonyl (C=O) groups excluding carboxylic acids is 3. The SMILES string of the molecule is Cc1ccc(NC(=O)CN2C(=O)S/C(=C\c3c(C)n(Cc4ccccc4)c4ccccc34)C2=O)cc1. The van der Waals surface area contributed by atoms with Crippen LogP contribution in [0.5, 0.6) is 0 Å². The van der Waals surface area contributed by atoms with Crippen LogP contribution in [0.2, 0.25) is 0 Å². The lowest BCUT2D eigenvalue weighted by Gasteiger charge is -2.12. The fourth-order valence-corrected chi connectivity index (χ4v) is 5.18. The Morgan fingerprint density at radius 3 is 2.36 bits per heavy atom. The number of nitrogens with one attached hydrogen (secondary N) is 1. The zero-order valence-electron chi connectivity index (χ0n) is 20.0. The van der Waals surface area contributed by atoms with Gasteiger partial charge < -0.3 is 9.88 Å². The van der Waals surface area contributed by atoms with Gasteiger partial charge in [0.15, 0.2) is 0 Å². The van der Waals surface area contributed by atoms with Crippen molar-refractivity contribution in [2.24, 2.45) is 0 Å². The van der Waals surface area contributed by atoms with Crippen LogP contribution in [0.15, 0.2) is 83.8 Å². The number of imide groups is 1. The van der Waals surface area contributed by atoms with Crippen molar-refractivity contribution in [3.8, 4) is 0 Å². The minimum absolute atomic E-state index is 0.314. The second-order valence-corrected chi connectivity index (χ2v) is 9.76. The summed E-state index contributed by atoms with van der Waals surface area (Å²) in [4.78, 5) is 39.6. The molecule has 3 amide bonds. The molecular formula is C29H25N3O3S. The number of aromatic nitrogens is 1. The van der Waals surface area contributed by atoms with E-state index in [9.17, 15) is 14.4 Å². The predicted molar refractivity (Wildman–Crippen MR) is 145 cm³/mol. The summed E-state index contributed by atoms with van der Waals surface area (Å²) < 4.78 is 2.22. The molecule has 1 N–H and O–H groups in total. The van der Waals surface area contributed by atoms with Crippen molar-refractivity contribution >= 4 is 51.5 Å². The monoisotopic (exact) mass is 495 g/mol. The average Bonchev–Trinajstić information content (AvgIpc) is 3.29. The molecule has 1 saturated heterocycles. The number of amides is 3. The third-order valence-electron chi connectivity index (χ3n) is 6.25. The van der Waals surface area contributed by atoms with Gasteiger partial charge >= 0.3 is 0 Å². The van der Waals surface area contributed by atoms with Crippen LogP contribution >= 0.6 is 11.8 Å². The lowest BCUT2D eigenvalue weighted by molar-refractivity contribution is -0.127. The Morgan fingerprint density at radius 2 is 1.61 bits per heavy atom. The molecule has 1 fully saturated rings. The van der Waals surface area contributed by atoms with Crippen LogP contribution < -0.4 is 5.32 Å². The van der Waals surface area contributed by atoms with Crippen LogP contribution in [-0.2, 0) is 16.1 Å². The lowest BCUT2D eigenvalue weighted by atomic mass is 10.1. The molecule has 36 heavy (non-hydrogen) atoms. The van der Waals surface area contributed by atoms with Gasteiger partial charge in [0.05, 0.1) is 4.91 Å². The number of carbonyl (C=O) groups is 3. The minimum atomic E-state index is -0.455. The van der Waals surface area contributed by atoms with Gasteiger partial charge in [-0.1, -0.05) is 66.2 Å².